The average molecular weight is 265 g/mol. The molecule has 1 aromatic carbocycles. The quantitative estimate of drug-likeness (QED) is 0.747. The van der Waals surface area contributed by atoms with Crippen LogP contribution in [0.3, 0.4) is 0 Å². The summed E-state index contributed by atoms with van der Waals surface area (Å²) < 4.78 is 4.90. The van der Waals surface area contributed by atoms with Gasteiger partial charge in [0, 0.05) is 10.6 Å². The molecule has 2 rings (SSSR count). The summed E-state index contributed by atoms with van der Waals surface area (Å²) in [6, 6.07) is 7.69. The fourth-order valence-corrected chi connectivity index (χ4v) is 2.53. The summed E-state index contributed by atoms with van der Waals surface area (Å²) in [5.74, 6) is -0.193. The Morgan fingerprint density at radius 3 is 2.44 bits per heavy atom. The highest BCUT2D eigenvalue weighted by Gasteiger charge is 2.19. The Morgan fingerprint density at radius 2 is 1.78 bits per heavy atom. The lowest BCUT2D eigenvalue weighted by Crippen LogP contribution is -2.07. The van der Waals surface area contributed by atoms with Gasteiger partial charge >= 0.3 is 5.97 Å². The predicted molar refractivity (Wildman–Crippen MR) is 73.5 cm³/mol. The number of ether oxygens (including phenoxy) is 1. The zero-order chi connectivity index (χ0) is 13.0. The van der Waals surface area contributed by atoms with Crippen LogP contribution < -0.4 is 0 Å². The van der Waals surface area contributed by atoms with E-state index >= 15 is 0 Å². The van der Waals surface area contributed by atoms with Gasteiger partial charge in [0.2, 0.25) is 0 Å². The van der Waals surface area contributed by atoms with Crippen LogP contribution in [-0.2, 0) is 9.53 Å². The molecule has 1 aliphatic rings. The van der Waals surface area contributed by atoms with Crippen molar-refractivity contribution in [3.05, 3.63) is 40.4 Å². The Balaban J connectivity index is 2.42. The minimum absolute atomic E-state index is 0.193. The first-order valence-corrected chi connectivity index (χ1v) is 6.66. The van der Waals surface area contributed by atoms with Crippen LogP contribution in [0.2, 0.25) is 5.02 Å². The van der Waals surface area contributed by atoms with E-state index in [0.29, 0.717) is 5.02 Å². The van der Waals surface area contributed by atoms with Crippen molar-refractivity contribution < 1.29 is 9.53 Å². The first-order chi connectivity index (χ1) is 8.72. The maximum absolute atomic E-state index is 11.9. The van der Waals surface area contributed by atoms with Crippen LogP contribution in [0.15, 0.2) is 29.8 Å². The Kier molecular flexibility index (Phi) is 4.43. The van der Waals surface area contributed by atoms with E-state index in [9.17, 15) is 4.79 Å². The smallest absolute Gasteiger partial charge is 0.334 e. The molecule has 0 N–H and O–H groups in total. The van der Waals surface area contributed by atoms with E-state index < -0.39 is 0 Å². The number of carbonyl (C=O) groups is 1. The molecule has 0 saturated heterocycles. The van der Waals surface area contributed by atoms with Gasteiger partial charge in [-0.3, -0.25) is 0 Å². The summed E-state index contributed by atoms with van der Waals surface area (Å²) in [6.45, 7) is 0. The molecule has 0 unspecified atom stereocenters. The first kappa shape index (κ1) is 13.2. The number of carbonyl (C=O) groups excluding carboxylic acids is 1. The van der Waals surface area contributed by atoms with E-state index in [2.05, 4.69) is 0 Å². The molecule has 0 aliphatic heterocycles. The predicted octanol–water partition coefficient (Wildman–Crippen LogP) is 4.23. The molecule has 0 bridgehead atoms. The van der Waals surface area contributed by atoms with Gasteiger partial charge in [-0.05, 0) is 49.0 Å². The van der Waals surface area contributed by atoms with E-state index in [-0.39, 0.29) is 5.97 Å². The Hall–Kier alpha value is -1.28. The van der Waals surface area contributed by atoms with Gasteiger partial charge in [0.05, 0.1) is 7.11 Å². The van der Waals surface area contributed by atoms with Gasteiger partial charge in [0.1, 0.15) is 0 Å². The Labute approximate surface area is 113 Å². The second kappa shape index (κ2) is 6.05. The summed E-state index contributed by atoms with van der Waals surface area (Å²) in [6.07, 6.45) is 5.09. The van der Waals surface area contributed by atoms with Crippen LogP contribution >= 0.6 is 11.6 Å². The highest BCUT2D eigenvalue weighted by molar-refractivity contribution is 6.30. The normalized spacial score (nSPS) is 16.3. The average Bonchev–Trinajstić information content (AvgIpc) is 2.64. The summed E-state index contributed by atoms with van der Waals surface area (Å²) >= 11 is 5.90. The summed E-state index contributed by atoms with van der Waals surface area (Å²) in [7, 11) is 1.44. The number of hydrogen-bond donors (Lipinski definition) is 0. The van der Waals surface area contributed by atoms with Crippen LogP contribution in [-0.4, -0.2) is 13.1 Å². The fourth-order valence-electron chi connectivity index (χ4n) is 2.40. The molecule has 0 spiro atoms. The summed E-state index contributed by atoms with van der Waals surface area (Å²) in [5, 5.41) is 0.715. The molecule has 1 aliphatic carbocycles. The third-order valence-electron chi connectivity index (χ3n) is 3.34. The second-order valence-corrected chi connectivity index (χ2v) is 4.95. The third kappa shape index (κ3) is 2.94. The van der Waals surface area contributed by atoms with E-state index in [1.807, 2.05) is 24.3 Å². The Bertz CT molecular complexity index is 460. The number of methoxy groups -OCH3 is 1. The molecular formula is C15H17ClO2. The van der Waals surface area contributed by atoms with E-state index in [1.165, 1.54) is 7.11 Å². The molecule has 0 amide bonds. The number of hydrogen-bond acceptors (Lipinski definition) is 2. The van der Waals surface area contributed by atoms with Gasteiger partial charge in [-0.25, -0.2) is 4.79 Å². The lowest BCUT2D eigenvalue weighted by atomic mass is 9.96. The van der Waals surface area contributed by atoms with E-state index in [0.717, 1.165) is 48.8 Å². The summed E-state index contributed by atoms with van der Waals surface area (Å²) in [4.78, 5) is 11.9. The monoisotopic (exact) mass is 264 g/mol. The SMILES string of the molecule is COC(=O)C1=C(c2ccc(Cl)cc2)CCCCC1. The molecule has 96 valence electrons. The minimum Gasteiger partial charge on any atom is -0.466 e. The van der Waals surface area contributed by atoms with Gasteiger partial charge < -0.3 is 4.74 Å². The van der Waals surface area contributed by atoms with Crippen LogP contribution in [0.4, 0.5) is 0 Å². The second-order valence-electron chi connectivity index (χ2n) is 4.52. The third-order valence-corrected chi connectivity index (χ3v) is 3.59. The zero-order valence-electron chi connectivity index (χ0n) is 10.5. The largest absolute Gasteiger partial charge is 0.466 e. The van der Waals surface area contributed by atoms with Gasteiger partial charge in [-0.15, -0.1) is 0 Å². The molecular weight excluding hydrogens is 248 g/mol. The fraction of sp³-hybridized carbons (Fsp3) is 0.400. The lowest BCUT2D eigenvalue weighted by molar-refractivity contribution is -0.136. The van der Waals surface area contributed by atoms with Crippen molar-refractivity contribution in [3.63, 3.8) is 0 Å². The Morgan fingerprint density at radius 1 is 1.11 bits per heavy atom. The van der Waals surface area contributed by atoms with Crippen molar-refractivity contribution in [1.82, 2.24) is 0 Å². The molecule has 0 aromatic heterocycles. The topological polar surface area (TPSA) is 26.3 Å². The molecule has 0 heterocycles. The summed E-state index contributed by atoms with van der Waals surface area (Å²) in [5.41, 5.74) is 3.04. The number of esters is 1. The van der Waals surface area contributed by atoms with Crippen molar-refractivity contribution in [1.29, 1.82) is 0 Å². The molecule has 0 saturated carbocycles. The highest BCUT2D eigenvalue weighted by atomic mass is 35.5. The molecule has 0 atom stereocenters. The number of rotatable bonds is 2. The maximum atomic E-state index is 11.9. The van der Waals surface area contributed by atoms with Crippen LogP contribution in [0, 0.1) is 0 Å². The van der Waals surface area contributed by atoms with E-state index in [1.54, 1.807) is 0 Å². The number of allylic oxidation sites excluding steroid dienone is 1. The van der Waals surface area contributed by atoms with E-state index in [4.69, 9.17) is 16.3 Å². The van der Waals surface area contributed by atoms with Gasteiger partial charge in [-0.2, -0.15) is 0 Å². The standard InChI is InChI=1S/C15H17ClO2/c1-18-15(17)14-6-4-2-3-5-13(14)11-7-9-12(16)10-8-11/h7-10H,2-6H2,1H3. The van der Waals surface area contributed by atoms with Crippen molar-refractivity contribution in [2.75, 3.05) is 7.11 Å². The molecule has 0 fully saturated rings. The number of benzene rings is 1. The van der Waals surface area contributed by atoms with Gasteiger partial charge in [0.25, 0.3) is 0 Å². The van der Waals surface area contributed by atoms with Crippen LogP contribution in [0.1, 0.15) is 37.7 Å². The lowest BCUT2D eigenvalue weighted by Gasteiger charge is -2.11. The first-order valence-electron chi connectivity index (χ1n) is 6.28. The maximum Gasteiger partial charge on any atom is 0.334 e. The van der Waals surface area contributed by atoms with Crippen molar-refractivity contribution in [2.45, 2.75) is 32.1 Å². The van der Waals surface area contributed by atoms with Gasteiger partial charge in [0.15, 0.2) is 0 Å². The number of halogens is 1. The molecule has 18 heavy (non-hydrogen) atoms. The van der Waals surface area contributed by atoms with Crippen molar-refractivity contribution in [3.8, 4) is 0 Å². The highest BCUT2D eigenvalue weighted by Crippen LogP contribution is 2.32. The van der Waals surface area contributed by atoms with Crippen LogP contribution in [0.5, 0.6) is 0 Å². The zero-order valence-corrected chi connectivity index (χ0v) is 11.3. The van der Waals surface area contributed by atoms with Crippen LogP contribution in [0.25, 0.3) is 5.57 Å². The van der Waals surface area contributed by atoms with Gasteiger partial charge in [-0.1, -0.05) is 30.2 Å². The molecule has 0 radical (unpaired) electrons. The van der Waals surface area contributed by atoms with Crippen molar-refractivity contribution in [2.24, 2.45) is 0 Å². The minimum atomic E-state index is -0.193. The molecule has 3 heteroatoms. The molecule has 2 nitrogen and oxygen atoms in total. The molecule has 1 aromatic rings. The van der Waals surface area contributed by atoms with Crippen molar-refractivity contribution >= 4 is 23.1 Å².